The van der Waals surface area contributed by atoms with Gasteiger partial charge in [0.15, 0.2) is 5.78 Å². The summed E-state index contributed by atoms with van der Waals surface area (Å²) in [5, 5.41) is 9.20. The zero-order chi connectivity index (χ0) is 11.7. The molecule has 0 fully saturated rings. The Labute approximate surface area is 102 Å². The maximum absolute atomic E-state index is 12.0. The SMILES string of the molecule is O=C(O)CC1CSc2ccc(Cl)cc2C1=O. The Morgan fingerprint density at radius 3 is 3.00 bits per heavy atom. The van der Waals surface area contributed by atoms with E-state index in [1.807, 2.05) is 0 Å². The Morgan fingerprint density at radius 1 is 1.56 bits per heavy atom. The maximum atomic E-state index is 12.0. The Morgan fingerprint density at radius 2 is 2.31 bits per heavy atom. The molecule has 0 aliphatic carbocycles. The van der Waals surface area contributed by atoms with Gasteiger partial charge < -0.3 is 5.11 Å². The fraction of sp³-hybridized carbons (Fsp3) is 0.273. The molecule has 16 heavy (non-hydrogen) atoms. The topological polar surface area (TPSA) is 54.4 Å². The van der Waals surface area contributed by atoms with Crippen molar-refractivity contribution in [2.45, 2.75) is 11.3 Å². The molecule has 2 rings (SSSR count). The zero-order valence-corrected chi connectivity index (χ0v) is 9.85. The highest BCUT2D eigenvalue weighted by Crippen LogP contribution is 2.35. The van der Waals surface area contributed by atoms with E-state index in [4.69, 9.17) is 16.7 Å². The molecule has 0 saturated carbocycles. The van der Waals surface area contributed by atoms with Crippen molar-refractivity contribution in [2.24, 2.45) is 5.92 Å². The fourth-order valence-corrected chi connectivity index (χ4v) is 2.97. The number of carbonyl (C=O) groups excluding carboxylic acids is 1. The van der Waals surface area contributed by atoms with E-state index in [9.17, 15) is 9.59 Å². The van der Waals surface area contributed by atoms with Crippen molar-refractivity contribution in [1.29, 1.82) is 0 Å². The predicted octanol–water partition coefficient (Wildman–Crippen LogP) is 2.72. The number of hydrogen-bond acceptors (Lipinski definition) is 3. The van der Waals surface area contributed by atoms with Crippen molar-refractivity contribution < 1.29 is 14.7 Å². The van der Waals surface area contributed by atoms with Gasteiger partial charge in [-0.15, -0.1) is 11.8 Å². The highest BCUT2D eigenvalue weighted by Gasteiger charge is 2.29. The van der Waals surface area contributed by atoms with Gasteiger partial charge in [0.2, 0.25) is 0 Å². The monoisotopic (exact) mass is 256 g/mol. The second-order valence-electron chi connectivity index (χ2n) is 3.61. The van der Waals surface area contributed by atoms with Gasteiger partial charge in [0.1, 0.15) is 0 Å². The predicted molar refractivity (Wildman–Crippen MR) is 62.2 cm³/mol. The number of ketones is 1. The van der Waals surface area contributed by atoms with Crippen molar-refractivity contribution in [3.8, 4) is 0 Å². The molecule has 1 heterocycles. The van der Waals surface area contributed by atoms with Gasteiger partial charge in [0, 0.05) is 27.2 Å². The van der Waals surface area contributed by atoms with Gasteiger partial charge in [-0.05, 0) is 18.2 Å². The van der Waals surface area contributed by atoms with Crippen LogP contribution in [0.2, 0.25) is 5.02 Å². The smallest absolute Gasteiger partial charge is 0.304 e. The summed E-state index contributed by atoms with van der Waals surface area (Å²) in [6.07, 6.45) is -0.113. The number of carboxylic acids is 1. The first-order chi connectivity index (χ1) is 7.58. The Kier molecular flexibility index (Phi) is 3.21. The number of aliphatic carboxylic acids is 1. The normalized spacial score (nSPS) is 19.3. The summed E-state index contributed by atoms with van der Waals surface area (Å²) < 4.78 is 0. The number of halogens is 1. The molecule has 1 aromatic rings. The molecule has 1 unspecified atom stereocenters. The minimum Gasteiger partial charge on any atom is -0.481 e. The molecule has 0 amide bonds. The van der Waals surface area contributed by atoms with E-state index in [0.29, 0.717) is 16.3 Å². The molecule has 0 radical (unpaired) electrons. The van der Waals surface area contributed by atoms with Crippen LogP contribution >= 0.6 is 23.4 Å². The van der Waals surface area contributed by atoms with E-state index >= 15 is 0 Å². The number of hydrogen-bond donors (Lipinski definition) is 1. The molecule has 3 nitrogen and oxygen atoms in total. The molecule has 0 aromatic heterocycles. The van der Waals surface area contributed by atoms with Crippen LogP contribution in [0.4, 0.5) is 0 Å². The number of fused-ring (bicyclic) bond motifs is 1. The molecule has 1 aliphatic heterocycles. The molecular formula is C11H9ClO3S. The first-order valence-electron chi connectivity index (χ1n) is 4.76. The summed E-state index contributed by atoms with van der Waals surface area (Å²) in [6, 6.07) is 5.15. The molecule has 0 saturated heterocycles. The zero-order valence-electron chi connectivity index (χ0n) is 8.27. The minimum absolute atomic E-state index is 0.112. The van der Waals surface area contributed by atoms with Crippen molar-refractivity contribution in [1.82, 2.24) is 0 Å². The average molecular weight is 257 g/mol. The van der Waals surface area contributed by atoms with Crippen LogP contribution < -0.4 is 0 Å². The van der Waals surface area contributed by atoms with Gasteiger partial charge in [-0.3, -0.25) is 9.59 Å². The number of carboxylic acid groups (broad SMARTS) is 1. The van der Waals surface area contributed by atoms with Crippen molar-refractivity contribution in [3.05, 3.63) is 28.8 Å². The summed E-state index contributed by atoms with van der Waals surface area (Å²) in [5.74, 6) is -0.962. The third-order valence-corrected chi connectivity index (χ3v) is 3.91. The summed E-state index contributed by atoms with van der Waals surface area (Å²) in [7, 11) is 0. The summed E-state index contributed by atoms with van der Waals surface area (Å²) in [6.45, 7) is 0. The van der Waals surface area contributed by atoms with E-state index in [0.717, 1.165) is 4.90 Å². The largest absolute Gasteiger partial charge is 0.481 e. The molecule has 1 N–H and O–H groups in total. The Balaban J connectivity index is 2.30. The molecule has 1 aliphatic rings. The lowest BCUT2D eigenvalue weighted by molar-refractivity contribution is -0.137. The summed E-state index contributed by atoms with van der Waals surface area (Å²) in [5.41, 5.74) is 0.551. The molecule has 0 bridgehead atoms. The van der Waals surface area contributed by atoms with Gasteiger partial charge in [0.05, 0.1) is 6.42 Å². The molecular weight excluding hydrogens is 248 g/mol. The van der Waals surface area contributed by atoms with E-state index in [2.05, 4.69) is 0 Å². The van der Waals surface area contributed by atoms with Gasteiger partial charge in [-0.2, -0.15) is 0 Å². The highest BCUT2D eigenvalue weighted by atomic mass is 35.5. The molecule has 84 valence electrons. The fourth-order valence-electron chi connectivity index (χ4n) is 1.67. The van der Waals surface area contributed by atoms with Crippen molar-refractivity contribution >= 4 is 35.1 Å². The van der Waals surface area contributed by atoms with E-state index in [1.165, 1.54) is 11.8 Å². The number of benzene rings is 1. The lowest BCUT2D eigenvalue weighted by atomic mass is 9.96. The number of thioether (sulfide) groups is 1. The van der Waals surface area contributed by atoms with Gasteiger partial charge in [-0.1, -0.05) is 11.6 Å². The molecule has 1 aromatic carbocycles. The molecule has 0 spiro atoms. The summed E-state index contributed by atoms with van der Waals surface area (Å²) in [4.78, 5) is 23.5. The quantitative estimate of drug-likeness (QED) is 0.884. The van der Waals surface area contributed by atoms with Crippen LogP contribution in [0.15, 0.2) is 23.1 Å². The van der Waals surface area contributed by atoms with E-state index in [-0.39, 0.29) is 12.2 Å². The van der Waals surface area contributed by atoms with Crippen LogP contribution in [-0.2, 0) is 4.79 Å². The van der Waals surface area contributed by atoms with Crippen molar-refractivity contribution in [3.63, 3.8) is 0 Å². The Bertz CT molecular complexity index is 459. The van der Waals surface area contributed by atoms with Crippen molar-refractivity contribution in [2.75, 3.05) is 5.75 Å². The lowest BCUT2D eigenvalue weighted by Crippen LogP contribution is -2.24. The average Bonchev–Trinajstić information content (AvgIpc) is 2.22. The van der Waals surface area contributed by atoms with E-state index in [1.54, 1.807) is 18.2 Å². The molecule has 1 atom stereocenters. The van der Waals surface area contributed by atoms with Crippen LogP contribution in [-0.4, -0.2) is 22.6 Å². The van der Waals surface area contributed by atoms with Gasteiger partial charge >= 0.3 is 5.97 Å². The maximum Gasteiger partial charge on any atom is 0.304 e. The number of rotatable bonds is 2. The second kappa shape index (κ2) is 4.47. The van der Waals surface area contributed by atoms with Crippen LogP contribution in [0.25, 0.3) is 0 Å². The van der Waals surface area contributed by atoms with Crippen LogP contribution in [0.5, 0.6) is 0 Å². The first-order valence-corrected chi connectivity index (χ1v) is 6.12. The molecule has 5 heteroatoms. The minimum atomic E-state index is -0.940. The van der Waals surface area contributed by atoms with Crippen LogP contribution in [0.1, 0.15) is 16.8 Å². The second-order valence-corrected chi connectivity index (χ2v) is 5.11. The summed E-state index contributed by atoms with van der Waals surface area (Å²) >= 11 is 7.33. The standard InChI is InChI=1S/C11H9ClO3S/c12-7-1-2-9-8(4-7)11(15)6(5-16-9)3-10(13)14/h1-2,4,6H,3,5H2,(H,13,14). The Hall–Kier alpha value is -1.00. The third-order valence-electron chi connectivity index (χ3n) is 2.44. The lowest BCUT2D eigenvalue weighted by Gasteiger charge is -2.21. The number of Topliss-reactive ketones (excluding diaryl/α,β-unsaturated/α-hetero) is 1. The van der Waals surface area contributed by atoms with Crippen LogP contribution in [0.3, 0.4) is 0 Å². The third kappa shape index (κ3) is 2.23. The van der Waals surface area contributed by atoms with Gasteiger partial charge in [0.25, 0.3) is 0 Å². The highest BCUT2D eigenvalue weighted by molar-refractivity contribution is 7.99. The number of carbonyl (C=O) groups is 2. The van der Waals surface area contributed by atoms with Gasteiger partial charge in [-0.25, -0.2) is 0 Å². The van der Waals surface area contributed by atoms with Crippen LogP contribution in [0, 0.1) is 5.92 Å². The first kappa shape index (κ1) is 11.5. The van der Waals surface area contributed by atoms with E-state index < -0.39 is 11.9 Å².